The van der Waals surface area contributed by atoms with Crippen LogP contribution in [-0.4, -0.2) is 44.8 Å². The van der Waals surface area contributed by atoms with E-state index < -0.39 is 5.97 Å². The highest BCUT2D eigenvalue weighted by molar-refractivity contribution is 5.93. The molecule has 0 spiro atoms. The van der Waals surface area contributed by atoms with Gasteiger partial charge >= 0.3 is 5.97 Å². The number of nitrogens with zero attached hydrogens (tertiary/aromatic N) is 1. The van der Waals surface area contributed by atoms with Crippen LogP contribution in [0.4, 0.5) is 11.4 Å². The predicted octanol–water partition coefficient (Wildman–Crippen LogP) is 1.58. The Bertz CT molecular complexity index is 534. The topological polar surface area (TPSA) is 67.9 Å². The van der Waals surface area contributed by atoms with Crippen LogP contribution >= 0.6 is 0 Å². The number of amides is 1. The van der Waals surface area contributed by atoms with Gasteiger partial charge in [-0.2, -0.15) is 0 Å². The zero-order valence-corrected chi connectivity index (χ0v) is 12.6. The van der Waals surface area contributed by atoms with Gasteiger partial charge in [-0.1, -0.05) is 6.08 Å². The number of hydrogen-bond donors (Lipinski definition) is 1. The third kappa shape index (κ3) is 4.89. The van der Waals surface area contributed by atoms with E-state index in [1.54, 1.807) is 13.0 Å². The van der Waals surface area contributed by atoms with Crippen molar-refractivity contribution in [2.45, 2.75) is 6.92 Å². The molecule has 0 aliphatic carbocycles. The van der Waals surface area contributed by atoms with Crippen molar-refractivity contribution in [3.63, 3.8) is 0 Å². The Balaban J connectivity index is 1.82. The maximum absolute atomic E-state index is 11.7. The van der Waals surface area contributed by atoms with E-state index in [4.69, 9.17) is 9.47 Å². The van der Waals surface area contributed by atoms with E-state index >= 15 is 0 Å². The normalized spacial score (nSPS) is 14.9. The summed E-state index contributed by atoms with van der Waals surface area (Å²) < 4.78 is 10.1. The summed E-state index contributed by atoms with van der Waals surface area (Å²) in [6, 6.07) is 7.56. The lowest BCUT2D eigenvalue weighted by Gasteiger charge is -2.28. The van der Waals surface area contributed by atoms with Crippen LogP contribution in [-0.2, 0) is 19.1 Å². The van der Waals surface area contributed by atoms with Crippen molar-refractivity contribution in [1.82, 2.24) is 0 Å². The quantitative estimate of drug-likeness (QED) is 0.661. The average molecular weight is 304 g/mol. The molecule has 1 fully saturated rings. The molecule has 6 nitrogen and oxygen atoms in total. The van der Waals surface area contributed by atoms with Crippen LogP contribution in [0.5, 0.6) is 0 Å². The highest BCUT2D eigenvalue weighted by Gasteiger charge is 2.11. The van der Waals surface area contributed by atoms with Crippen molar-refractivity contribution in [1.29, 1.82) is 0 Å². The number of benzene rings is 1. The molecule has 0 bridgehead atoms. The minimum Gasteiger partial charge on any atom is -0.452 e. The first kappa shape index (κ1) is 16.0. The number of anilines is 2. The molecule has 22 heavy (non-hydrogen) atoms. The largest absolute Gasteiger partial charge is 0.452 e. The van der Waals surface area contributed by atoms with Crippen molar-refractivity contribution in [2.75, 3.05) is 43.1 Å². The molecule has 0 atom stereocenters. The molecule has 1 N–H and O–H groups in total. The average Bonchev–Trinajstić information content (AvgIpc) is 2.55. The minimum absolute atomic E-state index is 0.297. The molecule has 0 unspecified atom stereocenters. The number of morpholine rings is 1. The summed E-state index contributed by atoms with van der Waals surface area (Å²) >= 11 is 0. The molecule has 0 radical (unpaired) electrons. The number of carbonyl (C=O) groups is 2. The summed E-state index contributed by atoms with van der Waals surface area (Å²) in [6.45, 7) is 4.61. The Hall–Kier alpha value is -2.34. The number of rotatable bonds is 5. The summed E-state index contributed by atoms with van der Waals surface area (Å²) in [5.41, 5.74) is 1.77. The molecule has 118 valence electrons. The predicted molar refractivity (Wildman–Crippen MR) is 83.9 cm³/mol. The van der Waals surface area contributed by atoms with Crippen LogP contribution in [0.25, 0.3) is 0 Å². The van der Waals surface area contributed by atoms with Crippen LogP contribution in [0.1, 0.15) is 6.92 Å². The summed E-state index contributed by atoms with van der Waals surface area (Å²) in [5, 5.41) is 2.69. The van der Waals surface area contributed by atoms with Gasteiger partial charge in [0.1, 0.15) is 0 Å². The van der Waals surface area contributed by atoms with Crippen LogP contribution in [0.15, 0.2) is 36.4 Å². The fourth-order valence-electron chi connectivity index (χ4n) is 2.10. The highest BCUT2D eigenvalue weighted by Crippen LogP contribution is 2.18. The molecule has 0 aromatic heterocycles. The van der Waals surface area contributed by atoms with Gasteiger partial charge in [-0.15, -0.1) is 0 Å². The highest BCUT2D eigenvalue weighted by atomic mass is 16.5. The van der Waals surface area contributed by atoms with Gasteiger partial charge in [0.2, 0.25) is 0 Å². The lowest BCUT2D eigenvalue weighted by Crippen LogP contribution is -2.36. The zero-order valence-electron chi connectivity index (χ0n) is 12.6. The van der Waals surface area contributed by atoms with Gasteiger partial charge in [0.15, 0.2) is 6.61 Å². The Morgan fingerprint density at radius 1 is 1.27 bits per heavy atom. The molecule has 1 aliphatic heterocycles. The Morgan fingerprint density at radius 2 is 1.95 bits per heavy atom. The zero-order chi connectivity index (χ0) is 15.8. The SMILES string of the molecule is C/C=C/C(=O)OCC(=O)Nc1ccc(N2CCOCC2)cc1. The van der Waals surface area contributed by atoms with Crippen molar-refractivity contribution in [2.24, 2.45) is 0 Å². The van der Waals surface area contributed by atoms with Crippen molar-refractivity contribution >= 4 is 23.3 Å². The smallest absolute Gasteiger partial charge is 0.330 e. The van der Waals surface area contributed by atoms with Gasteiger partial charge in [-0.3, -0.25) is 4.79 Å². The van der Waals surface area contributed by atoms with Gasteiger partial charge in [0.05, 0.1) is 13.2 Å². The number of allylic oxidation sites excluding steroid dienone is 1. The Labute approximate surface area is 129 Å². The standard InChI is InChI=1S/C16H20N2O4/c1-2-3-16(20)22-12-15(19)17-13-4-6-14(7-5-13)18-8-10-21-11-9-18/h2-7H,8-12H2,1H3,(H,17,19)/b3-2+. The molecule has 1 saturated heterocycles. The molecular formula is C16H20N2O4. The van der Waals surface area contributed by atoms with E-state index in [0.717, 1.165) is 32.0 Å². The van der Waals surface area contributed by atoms with Gasteiger partial charge < -0.3 is 19.7 Å². The fraction of sp³-hybridized carbons (Fsp3) is 0.375. The third-order valence-corrected chi connectivity index (χ3v) is 3.18. The Morgan fingerprint density at radius 3 is 2.59 bits per heavy atom. The molecule has 2 rings (SSSR count). The number of esters is 1. The molecule has 1 amide bonds. The van der Waals surface area contributed by atoms with Crippen LogP contribution in [0.3, 0.4) is 0 Å². The van der Waals surface area contributed by atoms with Gasteiger partial charge in [-0.05, 0) is 31.2 Å². The molecule has 6 heteroatoms. The first-order chi connectivity index (χ1) is 10.7. The second-order valence-corrected chi connectivity index (χ2v) is 4.80. The van der Waals surface area contributed by atoms with Crippen molar-refractivity contribution in [3.8, 4) is 0 Å². The third-order valence-electron chi connectivity index (χ3n) is 3.18. The van der Waals surface area contributed by atoms with E-state index in [0.29, 0.717) is 5.69 Å². The van der Waals surface area contributed by atoms with E-state index in [1.165, 1.54) is 6.08 Å². The maximum atomic E-state index is 11.7. The molecular weight excluding hydrogens is 284 g/mol. The lowest BCUT2D eigenvalue weighted by molar-refractivity contribution is -0.142. The summed E-state index contributed by atoms with van der Waals surface area (Å²) in [7, 11) is 0. The maximum Gasteiger partial charge on any atom is 0.330 e. The second kappa shape index (κ2) is 8.19. The van der Waals surface area contributed by atoms with Crippen molar-refractivity contribution < 1.29 is 19.1 Å². The van der Waals surface area contributed by atoms with Crippen LogP contribution in [0.2, 0.25) is 0 Å². The van der Waals surface area contributed by atoms with Gasteiger partial charge in [0, 0.05) is 30.5 Å². The minimum atomic E-state index is -0.527. The molecule has 1 aromatic rings. The van der Waals surface area contributed by atoms with E-state index in [1.807, 2.05) is 24.3 Å². The molecule has 1 heterocycles. The number of ether oxygens (including phenoxy) is 2. The van der Waals surface area contributed by atoms with E-state index in [-0.39, 0.29) is 12.5 Å². The van der Waals surface area contributed by atoms with Crippen LogP contribution in [0, 0.1) is 0 Å². The lowest BCUT2D eigenvalue weighted by atomic mass is 10.2. The monoisotopic (exact) mass is 304 g/mol. The van der Waals surface area contributed by atoms with Crippen molar-refractivity contribution in [3.05, 3.63) is 36.4 Å². The second-order valence-electron chi connectivity index (χ2n) is 4.80. The number of hydrogen-bond acceptors (Lipinski definition) is 5. The number of nitrogens with one attached hydrogen (secondary N) is 1. The summed E-state index contributed by atoms with van der Waals surface area (Å²) in [4.78, 5) is 25.0. The summed E-state index contributed by atoms with van der Waals surface area (Å²) in [6.07, 6.45) is 2.83. The van der Waals surface area contributed by atoms with E-state index in [9.17, 15) is 9.59 Å². The fourth-order valence-corrected chi connectivity index (χ4v) is 2.10. The first-order valence-corrected chi connectivity index (χ1v) is 7.21. The number of carbonyl (C=O) groups excluding carboxylic acids is 2. The summed E-state index contributed by atoms with van der Waals surface area (Å²) in [5.74, 6) is -0.891. The molecule has 0 saturated carbocycles. The van der Waals surface area contributed by atoms with Crippen LogP contribution < -0.4 is 10.2 Å². The van der Waals surface area contributed by atoms with Gasteiger partial charge in [-0.25, -0.2) is 4.79 Å². The van der Waals surface area contributed by atoms with E-state index in [2.05, 4.69) is 10.2 Å². The van der Waals surface area contributed by atoms with Gasteiger partial charge in [0.25, 0.3) is 5.91 Å². The molecule has 1 aliphatic rings. The molecule has 1 aromatic carbocycles. The Kier molecular flexibility index (Phi) is 5.97. The first-order valence-electron chi connectivity index (χ1n) is 7.21.